The van der Waals surface area contributed by atoms with Crippen LogP contribution in [0.1, 0.15) is 22.7 Å². The molecule has 0 spiro atoms. The number of guanidine groups is 1. The lowest BCUT2D eigenvalue weighted by atomic mass is 10.0. The highest BCUT2D eigenvalue weighted by molar-refractivity contribution is 5.79. The van der Waals surface area contributed by atoms with Crippen LogP contribution in [0.15, 0.2) is 53.5 Å². The Morgan fingerprint density at radius 3 is 2.38 bits per heavy atom. The van der Waals surface area contributed by atoms with E-state index in [4.69, 9.17) is 9.47 Å². The van der Waals surface area contributed by atoms with Gasteiger partial charge in [0.15, 0.2) is 5.96 Å². The Hall–Kier alpha value is -2.57. The van der Waals surface area contributed by atoms with Crippen LogP contribution < -0.4 is 15.4 Å². The van der Waals surface area contributed by atoms with Gasteiger partial charge in [-0.05, 0) is 30.2 Å². The zero-order valence-electron chi connectivity index (χ0n) is 17.6. The number of benzene rings is 2. The number of hydrogen-bond acceptors (Lipinski definition) is 4. The largest absolute Gasteiger partial charge is 0.497 e. The fourth-order valence-corrected chi connectivity index (χ4v) is 3.48. The van der Waals surface area contributed by atoms with Crippen molar-refractivity contribution in [2.45, 2.75) is 19.5 Å². The Bertz CT molecular complexity index is 768. The summed E-state index contributed by atoms with van der Waals surface area (Å²) >= 11 is 0. The van der Waals surface area contributed by atoms with Crippen LogP contribution in [0.3, 0.4) is 0 Å². The zero-order valence-corrected chi connectivity index (χ0v) is 17.6. The minimum Gasteiger partial charge on any atom is -0.497 e. The van der Waals surface area contributed by atoms with Gasteiger partial charge in [-0.2, -0.15) is 0 Å². The molecule has 0 amide bonds. The molecule has 0 aromatic heterocycles. The molecule has 29 heavy (non-hydrogen) atoms. The molecule has 1 atom stereocenters. The maximum Gasteiger partial charge on any atom is 0.191 e. The van der Waals surface area contributed by atoms with Gasteiger partial charge in [0.1, 0.15) is 5.75 Å². The van der Waals surface area contributed by atoms with Crippen molar-refractivity contribution >= 4 is 5.96 Å². The van der Waals surface area contributed by atoms with E-state index in [9.17, 15) is 0 Å². The Balaban J connectivity index is 1.63. The van der Waals surface area contributed by atoms with Gasteiger partial charge < -0.3 is 20.1 Å². The van der Waals surface area contributed by atoms with Gasteiger partial charge in [0.2, 0.25) is 0 Å². The van der Waals surface area contributed by atoms with Crippen molar-refractivity contribution in [1.29, 1.82) is 0 Å². The van der Waals surface area contributed by atoms with E-state index in [1.165, 1.54) is 16.7 Å². The summed E-state index contributed by atoms with van der Waals surface area (Å²) in [6, 6.07) is 17.1. The number of hydrogen-bond donors (Lipinski definition) is 2. The number of nitrogens with one attached hydrogen (secondary N) is 2. The molecule has 1 aliphatic rings. The minimum absolute atomic E-state index is 0.239. The molecule has 0 saturated carbocycles. The molecule has 3 rings (SSSR count). The maximum absolute atomic E-state index is 5.55. The number of aryl methyl sites for hydroxylation is 1. The minimum atomic E-state index is 0.239. The van der Waals surface area contributed by atoms with Crippen LogP contribution in [0, 0.1) is 6.92 Å². The zero-order chi connectivity index (χ0) is 20.5. The number of aliphatic imine (C=N–C) groups is 1. The first-order valence-electron chi connectivity index (χ1n) is 10.2. The maximum atomic E-state index is 5.55. The summed E-state index contributed by atoms with van der Waals surface area (Å²) in [4.78, 5) is 6.85. The summed E-state index contributed by atoms with van der Waals surface area (Å²) in [7, 11) is 3.50. The van der Waals surface area contributed by atoms with Gasteiger partial charge in [-0.3, -0.25) is 9.89 Å². The van der Waals surface area contributed by atoms with Crippen LogP contribution >= 0.6 is 0 Å². The number of methoxy groups -OCH3 is 1. The third kappa shape index (κ3) is 6.21. The van der Waals surface area contributed by atoms with Gasteiger partial charge >= 0.3 is 0 Å². The normalized spacial score (nSPS) is 16.3. The molecule has 0 bridgehead atoms. The molecule has 6 nitrogen and oxygen atoms in total. The lowest BCUT2D eigenvalue weighted by Gasteiger charge is -2.35. The third-order valence-corrected chi connectivity index (χ3v) is 5.25. The topological polar surface area (TPSA) is 58.1 Å². The van der Waals surface area contributed by atoms with Gasteiger partial charge in [-0.15, -0.1) is 0 Å². The first-order chi connectivity index (χ1) is 14.2. The molecule has 2 N–H and O–H groups in total. The predicted octanol–water partition coefficient (Wildman–Crippen LogP) is 2.74. The highest BCUT2D eigenvalue weighted by Crippen LogP contribution is 2.23. The van der Waals surface area contributed by atoms with E-state index < -0.39 is 0 Å². The highest BCUT2D eigenvalue weighted by Gasteiger charge is 2.23. The second kappa shape index (κ2) is 10.8. The molecule has 2 aromatic carbocycles. The summed E-state index contributed by atoms with van der Waals surface area (Å²) in [5, 5.41) is 6.91. The van der Waals surface area contributed by atoms with E-state index in [1.54, 1.807) is 7.11 Å². The van der Waals surface area contributed by atoms with Crippen molar-refractivity contribution < 1.29 is 9.47 Å². The predicted molar refractivity (Wildman–Crippen MR) is 118 cm³/mol. The van der Waals surface area contributed by atoms with E-state index in [-0.39, 0.29) is 6.04 Å². The molecule has 1 saturated heterocycles. The Morgan fingerprint density at radius 1 is 1.07 bits per heavy atom. The van der Waals surface area contributed by atoms with Gasteiger partial charge in [-0.25, -0.2) is 0 Å². The van der Waals surface area contributed by atoms with Crippen molar-refractivity contribution in [3.8, 4) is 5.75 Å². The van der Waals surface area contributed by atoms with Crippen LogP contribution in [0.2, 0.25) is 0 Å². The lowest BCUT2D eigenvalue weighted by Crippen LogP contribution is -2.46. The quantitative estimate of drug-likeness (QED) is 0.557. The number of ether oxygens (including phenoxy) is 2. The van der Waals surface area contributed by atoms with Crippen LogP contribution in [-0.4, -0.2) is 57.9 Å². The van der Waals surface area contributed by atoms with Gasteiger partial charge in [0, 0.05) is 33.2 Å². The Morgan fingerprint density at radius 2 is 1.76 bits per heavy atom. The van der Waals surface area contributed by atoms with E-state index in [1.807, 2.05) is 19.2 Å². The molecule has 0 radical (unpaired) electrons. The van der Waals surface area contributed by atoms with E-state index in [0.29, 0.717) is 0 Å². The van der Waals surface area contributed by atoms with Crippen molar-refractivity contribution in [3.63, 3.8) is 0 Å². The molecule has 2 aromatic rings. The molecule has 1 aliphatic heterocycles. The lowest BCUT2D eigenvalue weighted by molar-refractivity contribution is 0.0170. The van der Waals surface area contributed by atoms with Crippen LogP contribution in [0.4, 0.5) is 0 Å². The van der Waals surface area contributed by atoms with E-state index in [2.05, 4.69) is 63.8 Å². The molecule has 1 fully saturated rings. The van der Waals surface area contributed by atoms with Gasteiger partial charge in [0.05, 0.1) is 26.4 Å². The highest BCUT2D eigenvalue weighted by atomic mass is 16.5. The van der Waals surface area contributed by atoms with Crippen molar-refractivity contribution in [1.82, 2.24) is 15.5 Å². The average molecular weight is 397 g/mol. The molecule has 156 valence electrons. The van der Waals surface area contributed by atoms with Gasteiger partial charge in [0.25, 0.3) is 0 Å². The Labute approximate surface area is 173 Å². The monoisotopic (exact) mass is 396 g/mol. The second-order valence-corrected chi connectivity index (χ2v) is 7.23. The second-order valence-electron chi connectivity index (χ2n) is 7.23. The molecule has 1 heterocycles. The van der Waals surface area contributed by atoms with Crippen molar-refractivity contribution in [2.75, 3.05) is 47.0 Å². The summed E-state index contributed by atoms with van der Waals surface area (Å²) < 4.78 is 10.9. The summed E-state index contributed by atoms with van der Waals surface area (Å²) in [6.07, 6.45) is 0. The van der Waals surface area contributed by atoms with E-state index >= 15 is 0 Å². The fraction of sp³-hybridized carbons (Fsp3) is 0.435. The first kappa shape index (κ1) is 21.1. The molecule has 0 aliphatic carbocycles. The van der Waals surface area contributed by atoms with Crippen LogP contribution in [0.5, 0.6) is 5.75 Å². The summed E-state index contributed by atoms with van der Waals surface area (Å²) in [6.45, 7) is 6.99. The molecule has 6 heteroatoms. The summed E-state index contributed by atoms with van der Waals surface area (Å²) in [5.74, 6) is 1.68. The van der Waals surface area contributed by atoms with Crippen LogP contribution in [0.25, 0.3) is 0 Å². The summed E-state index contributed by atoms with van der Waals surface area (Å²) in [5.41, 5.74) is 3.76. The number of morpholine rings is 1. The number of rotatable bonds is 7. The SMILES string of the molecule is CN=C(NCc1ccc(C)cc1)NCC(c1ccc(OC)cc1)N1CCOCC1. The number of nitrogens with zero attached hydrogens (tertiary/aromatic N) is 2. The smallest absolute Gasteiger partial charge is 0.191 e. The first-order valence-corrected chi connectivity index (χ1v) is 10.2. The van der Waals surface area contributed by atoms with Crippen molar-refractivity contribution in [3.05, 3.63) is 65.2 Å². The standard InChI is InChI=1S/C23H32N4O2/c1-18-4-6-19(7-5-18)16-25-23(24-2)26-17-22(27-12-14-29-15-13-27)20-8-10-21(28-3)11-9-20/h4-11,22H,12-17H2,1-3H3,(H2,24,25,26). The molecular formula is C23H32N4O2. The average Bonchev–Trinajstić information content (AvgIpc) is 2.78. The third-order valence-electron chi connectivity index (χ3n) is 5.25. The molecular weight excluding hydrogens is 364 g/mol. The van der Waals surface area contributed by atoms with Crippen molar-refractivity contribution in [2.24, 2.45) is 4.99 Å². The van der Waals surface area contributed by atoms with Gasteiger partial charge in [-0.1, -0.05) is 42.0 Å². The van der Waals surface area contributed by atoms with E-state index in [0.717, 1.165) is 51.1 Å². The van der Waals surface area contributed by atoms with Crippen LogP contribution in [-0.2, 0) is 11.3 Å². The Kier molecular flexibility index (Phi) is 7.90. The fourth-order valence-electron chi connectivity index (χ4n) is 3.48. The molecule has 1 unspecified atom stereocenters.